The van der Waals surface area contributed by atoms with Gasteiger partial charge < -0.3 is 0 Å². The lowest BCUT2D eigenvalue weighted by Crippen LogP contribution is -2.20. The summed E-state index contributed by atoms with van der Waals surface area (Å²) in [4.78, 5) is 31.3. The van der Waals surface area contributed by atoms with Gasteiger partial charge in [-0.15, -0.1) is 0 Å². The predicted octanol–water partition coefficient (Wildman–Crippen LogP) is 0.673. The molecule has 0 bridgehead atoms. The van der Waals surface area contributed by atoms with E-state index < -0.39 is 11.1 Å². The van der Waals surface area contributed by atoms with Crippen LogP contribution < -0.4 is 11.1 Å². The number of nitrogens with one attached hydrogen (secondary N) is 2. The fourth-order valence-electron chi connectivity index (χ4n) is 1.69. The Bertz CT molecular complexity index is 821. The number of rotatable bonds is 1. The highest BCUT2D eigenvalue weighted by Gasteiger charge is 2.07. The molecule has 0 fully saturated rings. The van der Waals surface area contributed by atoms with Crippen LogP contribution in [0, 0.1) is 0 Å². The molecule has 0 aliphatic rings. The third-order valence-electron chi connectivity index (χ3n) is 2.57. The van der Waals surface area contributed by atoms with E-state index in [1.807, 2.05) is 30.3 Å². The minimum atomic E-state index is -0.441. The standard InChI is InChI=1S/C12H8N4O2/c17-11-8-6-13-10(7-4-2-1-3-5-7)14-9(8)12(18)16-15-11/h1-6H,(H,15,17)(H,16,18). The SMILES string of the molecule is O=c1[nH][nH]c(=O)c2nc(-c3ccccc3)ncc12. The van der Waals surface area contributed by atoms with E-state index in [0.29, 0.717) is 5.82 Å². The maximum Gasteiger partial charge on any atom is 0.289 e. The Kier molecular flexibility index (Phi) is 2.26. The lowest BCUT2D eigenvalue weighted by molar-refractivity contribution is 0.965. The van der Waals surface area contributed by atoms with Crippen LogP contribution in [-0.4, -0.2) is 20.2 Å². The third kappa shape index (κ3) is 1.60. The molecule has 88 valence electrons. The molecule has 0 saturated heterocycles. The Morgan fingerprint density at radius 2 is 1.67 bits per heavy atom. The summed E-state index contributed by atoms with van der Waals surface area (Å²) in [5, 5.41) is 4.65. The molecule has 2 aromatic heterocycles. The predicted molar refractivity (Wildman–Crippen MR) is 66.2 cm³/mol. The van der Waals surface area contributed by atoms with Gasteiger partial charge in [0, 0.05) is 11.8 Å². The Morgan fingerprint density at radius 3 is 2.44 bits per heavy atom. The van der Waals surface area contributed by atoms with Crippen molar-refractivity contribution >= 4 is 10.9 Å². The summed E-state index contributed by atoms with van der Waals surface area (Å²) in [5.41, 5.74) is 0.0278. The molecule has 6 heteroatoms. The zero-order valence-corrected chi connectivity index (χ0v) is 9.18. The van der Waals surface area contributed by atoms with Gasteiger partial charge in [0.05, 0.1) is 5.39 Å². The molecule has 18 heavy (non-hydrogen) atoms. The normalized spacial score (nSPS) is 10.7. The minimum absolute atomic E-state index is 0.0904. The van der Waals surface area contributed by atoms with Gasteiger partial charge in [-0.1, -0.05) is 30.3 Å². The Labute approximate surface area is 100 Å². The van der Waals surface area contributed by atoms with Crippen LogP contribution in [-0.2, 0) is 0 Å². The molecule has 0 aliphatic heterocycles. The smallest absolute Gasteiger partial charge is 0.267 e. The quantitative estimate of drug-likeness (QED) is 0.654. The summed E-state index contributed by atoms with van der Waals surface area (Å²) in [6, 6.07) is 9.25. The molecule has 6 nitrogen and oxygen atoms in total. The number of nitrogens with zero attached hydrogens (tertiary/aromatic N) is 2. The lowest BCUT2D eigenvalue weighted by atomic mass is 10.2. The van der Waals surface area contributed by atoms with Gasteiger partial charge in [-0.3, -0.25) is 19.8 Å². The van der Waals surface area contributed by atoms with Gasteiger partial charge in [0.25, 0.3) is 11.1 Å². The first kappa shape index (κ1) is 10.4. The lowest BCUT2D eigenvalue weighted by Gasteiger charge is -2.00. The maximum absolute atomic E-state index is 11.6. The molecule has 0 amide bonds. The van der Waals surface area contributed by atoms with Gasteiger partial charge in [0.1, 0.15) is 5.52 Å². The molecule has 2 heterocycles. The van der Waals surface area contributed by atoms with Gasteiger partial charge in [-0.2, -0.15) is 0 Å². The first-order valence-electron chi connectivity index (χ1n) is 5.29. The molecular weight excluding hydrogens is 232 g/mol. The van der Waals surface area contributed by atoms with Crippen molar-refractivity contribution in [1.29, 1.82) is 0 Å². The second kappa shape index (κ2) is 3.92. The Balaban J connectivity index is 2.33. The second-order valence-electron chi connectivity index (χ2n) is 3.73. The van der Waals surface area contributed by atoms with Crippen molar-refractivity contribution in [3.05, 3.63) is 57.2 Å². The molecule has 0 spiro atoms. The largest absolute Gasteiger partial charge is 0.289 e. The number of aromatic amines is 2. The summed E-state index contributed by atoms with van der Waals surface area (Å²) >= 11 is 0. The number of H-pyrrole nitrogens is 2. The molecule has 0 atom stereocenters. The summed E-state index contributed by atoms with van der Waals surface area (Å²) in [6.07, 6.45) is 1.36. The fourth-order valence-corrected chi connectivity index (χ4v) is 1.69. The zero-order valence-electron chi connectivity index (χ0n) is 9.18. The first-order valence-corrected chi connectivity index (χ1v) is 5.29. The monoisotopic (exact) mass is 240 g/mol. The minimum Gasteiger partial charge on any atom is -0.267 e. The van der Waals surface area contributed by atoms with E-state index >= 15 is 0 Å². The summed E-state index contributed by atoms with van der Waals surface area (Å²) < 4.78 is 0. The van der Waals surface area contributed by atoms with Crippen LogP contribution in [0.5, 0.6) is 0 Å². The molecule has 3 aromatic rings. The van der Waals surface area contributed by atoms with Crippen LogP contribution >= 0.6 is 0 Å². The van der Waals surface area contributed by atoms with Crippen LogP contribution in [0.25, 0.3) is 22.3 Å². The molecule has 1 aromatic carbocycles. The van der Waals surface area contributed by atoms with E-state index in [0.717, 1.165) is 5.56 Å². The zero-order chi connectivity index (χ0) is 12.5. The summed E-state index contributed by atoms with van der Waals surface area (Å²) in [7, 11) is 0. The van der Waals surface area contributed by atoms with Gasteiger partial charge >= 0.3 is 0 Å². The molecule has 0 aliphatic carbocycles. The molecule has 0 unspecified atom stereocenters. The highest BCUT2D eigenvalue weighted by atomic mass is 16.1. The molecule has 3 rings (SSSR count). The number of hydrogen-bond acceptors (Lipinski definition) is 4. The summed E-state index contributed by atoms with van der Waals surface area (Å²) in [6.45, 7) is 0. The van der Waals surface area contributed by atoms with E-state index in [-0.39, 0.29) is 10.9 Å². The number of fused-ring (bicyclic) bond motifs is 1. The van der Waals surface area contributed by atoms with E-state index in [2.05, 4.69) is 20.2 Å². The van der Waals surface area contributed by atoms with Crippen LogP contribution in [0.4, 0.5) is 0 Å². The summed E-state index contributed by atoms with van der Waals surface area (Å²) in [5.74, 6) is 0.416. The Morgan fingerprint density at radius 1 is 0.944 bits per heavy atom. The van der Waals surface area contributed by atoms with Crippen LogP contribution in [0.15, 0.2) is 46.1 Å². The third-order valence-corrected chi connectivity index (χ3v) is 2.57. The van der Waals surface area contributed by atoms with Gasteiger partial charge in [0.2, 0.25) is 0 Å². The van der Waals surface area contributed by atoms with E-state index in [1.165, 1.54) is 6.20 Å². The molecule has 0 saturated carbocycles. The van der Waals surface area contributed by atoms with Gasteiger partial charge in [-0.25, -0.2) is 9.97 Å². The number of aromatic nitrogens is 4. The average Bonchev–Trinajstić information content (AvgIpc) is 2.44. The molecule has 0 radical (unpaired) electrons. The van der Waals surface area contributed by atoms with Crippen molar-refractivity contribution in [1.82, 2.24) is 20.2 Å². The van der Waals surface area contributed by atoms with Crippen molar-refractivity contribution in [2.75, 3.05) is 0 Å². The van der Waals surface area contributed by atoms with E-state index in [9.17, 15) is 9.59 Å². The maximum atomic E-state index is 11.6. The van der Waals surface area contributed by atoms with Crippen molar-refractivity contribution in [2.45, 2.75) is 0 Å². The van der Waals surface area contributed by atoms with Gasteiger partial charge in [0.15, 0.2) is 5.82 Å². The van der Waals surface area contributed by atoms with Crippen LogP contribution in [0.3, 0.4) is 0 Å². The Hall–Kier alpha value is -2.76. The van der Waals surface area contributed by atoms with Crippen molar-refractivity contribution < 1.29 is 0 Å². The van der Waals surface area contributed by atoms with Crippen molar-refractivity contribution in [3.63, 3.8) is 0 Å². The van der Waals surface area contributed by atoms with Gasteiger partial charge in [-0.05, 0) is 0 Å². The molecule has 2 N–H and O–H groups in total. The van der Waals surface area contributed by atoms with Crippen molar-refractivity contribution in [2.24, 2.45) is 0 Å². The second-order valence-corrected chi connectivity index (χ2v) is 3.73. The van der Waals surface area contributed by atoms with Crippen LogP contribution in [0.1, 0.15) is 0 Å². The first-order chi connectivity index (χ1) is 8.75. The number of benzene rings is 1. The fraction of sp³-hybridized carbons (Fsp3) is 0. The van der Waals surface area contributed by atoms with Crippen LogP contribution in [0.2, 0.25) is 0 Å². The average molecular weight is 240 g/mol. The number of hydrogen-bond donors (Lipinski definition) is 2. The molecular formula is C12H8N4O2. The van der Waals surface area contributed by atoms with Crippen molar-refractivity contribution in [3.8, 4) is 11.4 Å². The van der Waals surface area contributed by atoms with E-state index in [4.69, 9.17) is 0 Å². The topological polar surface area (TPSA) is 91.5 Å². The van der Waals surface area contributed by atoms with E-state index in [1.54, 1.807) is 0 Å². The highest BCUT2D eigenvalue weighted by molar-refractivity contribution is 5.77. The highest BCUT2D eigenvalue weighted by Crippen LogP contribution is 2.14.